The van der Waals surface area contributed by atoms with Crippen LogP contribution in [0.1, 0.15) is 12.8 Å². The van der Waals surface area contributed by atoms with Crippen molar-refractivity contribution in [3.8, 4) is 22.9 Å². The molecule has 30 heavy (non-hydrogen) atoms. The predicted molar refractivity (Wildman–Crippen MR) is 115 cm³/mol. The first kappa shape index (κ1) is 17.7. The quantitative estimate of drug-likeness (QED) is 0.503. The molecule has 7 nitrogen and oxygen atoms in total. The molecule has 2 saturated heterocycles. The predicted octanol–water partition coefficient (Wildman–Crippen LogP) is 4.17. The molecule has 2 aliphatic rings. The summed E-state index contributed by atoms with van der Waals surface area (Å²) in [4.78, 5) is 26.5. The fourth-order valence-corrected chi connectivity index (χ4v) is 4.90. The Labute approximate surface area is 177 Å². The van der Waals surface area contributed by atoms with Crippen LogP contribution in [0.2, 0.25) is 0 Å². The highest BCUT2D eigenvalue weighted by molar-refractivity contribution is 7.81. The zero-order valence-corrected chi connectivity index (χ0v) is 16.8. The number of carbonyl (C=O) groups excluding carboxylic acids is 1. The maximum atomic E-state index is 13.0. The topological polar surface area (TPSA) is 75.6 Å². The SMILES string of the molecule is O=C1[C@@H]2CCCN2[C@H](S)N1c1ccc2nc(-c3ccco3)c(-c3ccco3)nc2c1. The molecule has 0 saturated carbocycles. The third-order valence-corrected chi connectivity index (χ3v) is 6.31. The first-order valence-electron chi connectivity index (χ1n) is 9.87. The highest BCUT2D eigenvalue weighted by Crippen LogP contribution is 2.37. The molecule has 0 N–H and O–H groups in total. The summed E-state index contributed by atoms with van der Waals surface area (Å²) < 4.78 is 11.2. The van der Waals surface area contributed by atoms with Gasteiger partial charge in [0, 0.05) is 12.2 Å². The average Bonchev–Trinajstić information content (AvgIpc) is 3.55. The molecule has 1 amide bonds. The first-order valence-corrected chi connectivity index (χ1v) is 10.4. The lowest BCUT2D eigenvalue weighted by Crippen LogP contribution is -2.35. The maximum absolute atomic E-state index is 13.0. The third-order valence-electron chi connectivity index (χ3n) is 5.78. The van der Waals surface area contributed by atoms with Crippen molar-refractivity contribution in [2.75, 3.05) is 11.4 Å². The van der Waals surface area contributed by atoms with Crippen LogP contribution in [0, 0.1) is 0 Å². The van der Waals surface area contributed by atoms with Gasteiger partial charge < -0.3 is 8.83 Å². The van der Waals surface area contributed by atoms with Gasteiger partial charge in [0.05, 0.1) is 29.6 Å². The van der Waals surface area contributed by atoms with Crippen molar-refractivity contribution >= 4 is 35.3 Å². The number of nitrogens with zero attached hydrogens (tertiary/aromatic N) is 4. The summed E-state index contributed by atoms with van der Waals surface area (Å²) in [6, 6.07) is 12.9. The smallest absolute Gasteiger partial charge is 0.246 e. The van der Waals surface area contributed by atoms with Gasteiger partial charge in [-0.15, -0.1) is 12.6 Å². The molecule has 3 aromatic heterocycles. The van der Waals surface area contributed by atoms with Crippen LogP contribution in [0.5, 0.6) is 0 Å². The Kier molecular flexibility index (Phi) is 3.97. The van der Waals surface area contributed by atoms with Crippen LogP contribution in [-0.4, -0.2) is 38.9 Å². The number of fused-ring (bicyclic) bond motifs is 2. The van der Waals surface area contributed by atoms with Crippen molar-refractivity contribution in [1.29, 1.82) is 0 Å². The molecule has 2 atom stereocenters. The molecule has 2 fully saturated rings. The van der Waals surface area contributed by atoms with Crippen molar-refractivity contribution in [3.05, 3.63) is 55.0 Å². The van der Waals surface area contributed by atoms with E-state index >= 15 is 0 Å². The van der Waals surface area contributed by atoms with E-state index in [9.17, 15) is 4.79 Å². The largest absolute Gasteiger partial charge is 0.463 e. The van der Waals surface area contributed by atoms with Gasteiger partial charge in [0.15, 0.2) is 11.5 Å². The summed E-state index contributed by atoms with van der Waals surface area (Å²) >= 11 is 4.72. The molecular weight excluding hydrogens is 400 g/mol. The van der Waals surface area contributed by atoms with Crippen LogP contribution < -0.4 is 4.90 Å². The zero-order valence-electron chi connectivity index (χ0n) is 15.9. The normalized spacial score (nSPS) is 21.6. The van der Waals surface area contributed by atoms with Crippen LogP contribution in [0.3, 0.4) is 0 Å². The maximum Gasteiger partial charge on any atom is 0.246 e. The number of hydrogen-bond donors (Lipinski definition) is 1. The standard InChI is InChI=1S/C22H18N4O3S/c27-21-16-4-1-9-25(16)22(30)26(21)13-7-8-14-15(12-13)24-20(18-6-3-11-29-18)19(23-14)17-5-2-10-28-17/h2-3,5-8,10-12,16,22,30H,1,4,9H2/t16-,22-/m0/s1. The number of aromatic nitrogens is 2. The van der Waals surface area contributed by atoms with E-state index in [-0.39, 0.29) is 17.4 Å². The van der Waals surface area contributed by atoms with E-state index in [1.165, 1.54) is 0 Å². The highest BCUT2D eigenvalue weighted by atomic mass is 32.1. The van der Waals surface area contributed by atoms with Crippen molar-refractivity contribution < 1.29 is 13.6 Å². The summed E-state index contributed by atoms with van der Waals surface area (Å²) in [5.74, 6) is 1.31. The molecule has 2 aliphatic heterocycles. The molecule has 0 bridgehead atoms. The van der Waals surface area contributed by atoms with Crippen molar-refractivity contribution in [3.63, 3.8) is 0 Å². The fraction of sp³-hybridized carbons (Fsp3) is 0.227. The van der Waals surface area contributed by atoms with E-state index < -0.39 is 0 Å². The fourth-order valence-electron chi connectivity index (χ4n) is 4.38. The summed E-state index contributed by atoms with van der Waals surface area (Å²) in [7, 11) is 0. The number of thiol groups is 1. The van der Waals surface area contributed by atoms with E-state index in [0.29, 0.717) is 33.9 Å². The monoisotopic (exact) mass is 418 g/mol. The Morgan fingerprint density at radius 3 is 2.30 bits per heavy atom. The molecule has 4 aromatic rings. The zero-order chi connectivity index (χ0) is 20.2. The van der Waals surface area contributed by atoms with Gasteiger partial charge in [0.1, 0.15) is 16.9 Å². The molecule has 150 valence electrons. The Bertz CT molecular complexity index is 1240. The second-order valence-corrected chi connectivity index (χ2v) is 7.96. The third kappa shape index (κ3) is 2.60. The van der Waals surface area contributed by atoms with E-state index in [1.54, 1.807) is 17.4 Å². The summed E-state index contributed by atoms with van der Waals surface area (Å²) in [5.41, 5.74) is 3.10. The van der Waals surface area contributed by atoms with Gasteiger partial charge in [-0.05, 0) is 55.3 Å². The minimum absolute atomic E-state index is 0.0747. The lowest BCUT2D eigenvalue weighted by atomic mass is 10.1. The first-order chi connectivity index (χ1) is 14.7. The molecule has 0 spiro atoms. The van der Waals surface area contributed by atoms with Crippen LogP contribution in [0.4, 0.5) is 5.69 Å². The molecule has 8 heteroatoms. The van der Waals surface area contributed by atoms with Crippen molar-refractivity contribution in [1.82, 2.24) is 14.9 Å². The van der Waals surface area contributed by atoms with Gasteiger partial charge >= 0.3 is 0 Å². The Morgan fingerprint density at radius 1 is 0.967 bits per heavy atom. The van der Waals surface area contributed by atoms with Gasteiger partial charge in [-0.2, -0.15) is 0 Å². The lowest BCUT2D eigenvalue weighted by molar-refractivity contribution is -0.119. The second-order valence-electron chi connectivity index (χ2n) is 7.50. The number of amides is 1. The Balaban J connectivity index is 1.49. The van der Waals surface area contributed by atoms with Gasteiger partial charge in [-0.3, -0.25) is 14.6 Å². The second kappa shape index (κ2) is 6.72. The van der Waals surface area contributed by atoms with Crippen molar-refractivity contribution in [2.45, 2.75) is 24.4 Å². The number of carbonyl (C=O) groups is 1. The van der Waals surface area contributed by atoms with Crippen LogP contribution in [-0.2, 0) is 4.79 Å². The van der Waals surface area contributed by atoms with Gasteiger partial charge in [-0.1, -0.05) is 0 Å². The number of furan rings is 2. The summed E-state index contributed by atoms with van der Waals surface area (Å²) in [5, 5.41) is 0. The summed E-state index contributed by atoms with van der Waals surface area (Å²) in [6.45, 7) is 0.892. The molecule has 5 heterocycles. The molecule has 0 unspecified atom stereocenters. The van der Waals surface area contributed by atoms with Crippen LogP contribution in [0.15, 0.2) is 63.8 Å². The van der Waals surface area contributed by atoms with Gasteiger partial charge in [-0.25, -0.2) is 9.97 Å². The summed E-state index contributed by atoms with van der Waals surface area (Å²) in [6.07, 6.45) is 5.13. The molecule has 6 rings (SSSR count). The highest BCUT2D eigenvalue weighted by Gasteiger charge is 2.47. The van der Waals surface area contributed by atoms with E-state index in [0.717, 1.165) is 25.1 Å². The Morgan fingerprint density at radius 2 is 1.67 bits per heavy atom. The molecule has 0 radical (unpaired) electrons. The van der Waals surface area contributed by atoms with Crippen molar-refractivity contribution in [2.24, 2.45) is 0 Å². The lowest BCUT2D eigenvalue weighted by Gasteiger charge is -2.25. The minimum Gasteiger partial charge on any atom is -0.463 e. The number of rotatable bonds is 3. The number of anilines is 1. The van der Waals surface area contributed by atoms with Crippen LogP contribution in [0.25, 0.3) is 33.9 Å². The van der Waals surface area contributed by atoms with E-state index in [2.05, 4.69) is 4.90 Å². The van der Waals surface area contributed by atoms with Gasteiger partial charge in [0.25, 0.3) is 0 Å². The molecule has 1 aromatic carbocycles. The number of benzene rings is 1. The van der Waals surface area contributed by atoms with E-state index in [4.69, 9.17) is 31.4 Å². The van der Waals surface area contributed by atoms with Gasteiger partial charge in [0.2, 0.25) is 5.91 Å². The van der Waals surface area contributed by atoms with Crippen LogP contribution >= 0.6 is 12.6 Å². The average molecular weight is 418 g/mol. The van der Waals surface area contributed by atoms with E-state index in [1.807, 2.05) is 42.5 Å². The number of hydrogen-bond acceptors (Lipinski definition) is 7. The molecule has 0 aliphatic carbocycles. The minimum atomic E-state index is -0.262. The molecular formula is C22H18N4O3S. The Hall–Kier alpha value is -3.10.